The van der Waals surface area contributed by atoms with Gasteiger partial charge in [-0.05, 0) is 29.3 Å². The molecule has 0 atom stereocenters. The van der Waals surface area contributed by atoms with Crippen molar-refractivity contribution in [1.29, 1.82) is 0 Å². The van der Waals surface area contributed by atoms with E-state index in [1.54, 1.807) is 11.3 Å². The Kier molecular flexibility index (Phi) is 2.73. The third kappa shape index (κ3) is 2.82. The molecule has 0 bridgehead atoms. The zero-order chi connectivity index (χ0) is 9.19. The standard InChI is InChI=1S/C11H16S/c1-9-10(6-8-12-9)5-7-11(2,3)4/h5-8H,1-4H3/b7-5+. The highest BCUT2D eigenvalue weighted by atomic mass is 32.1. The van der Waals surface area contributed by atoms with E-state index in [0.29, 0.717) is 0 Å². The highest BCUT2D eigenvalue weighted by molar-refractivity contribution is 7.10. The zero-order valence-electron chi connectivity index (χ0n) is 8.22. The van der Waals surface area contributed by atoms with Crippen LogP contribution in [-0.4, -0.2) is 0 Å². The van der Waals surface area contributed by atoms with Crippen LogP contribution in [0.4, 0.5) is 0 Å². The van der Waals surface area contributed by atoms with Gasteiger partial charge in [-0.25, -0.2) is 0 Å². The van der Waals surface area contributed by atoms with Gasteiger partial charge in [-0.1, -0.05) is 32.9 Å². The van der Waals surface area contributed by atoms with Crippen molar-refractivity contribution in [3.63, 3.8) is 0 Å². The maximum atomic E-state index is 2.25. The first-order chi connectivity index (χ1) is 5.49. The lowest BCUT2D eigenvalue weighted by atomic mass is 9.95. The predicted octanol–water partition coefficient (Wildman–Crippen LogP) is 4.12. The van der Waals surface area contributed by atoms with Crippen molar-refractivity contribution in [2.45, 2.75) is 27.7 Å². The second-order valence-corrected chi connectivity index (χ2v) is 5.25. The number of thiophene rings is 1. The summed E-state index contributed by atoms with van der Waals surface area (Å²) in [6.45, 7) is 8.80. The Bertz CT molecular complexity index is 273. The minimum Gasteiger partial charge on any atom is -0.149 e. The second-order valence-electron chi connectivity index (χ2n) is 4.13. The van der Waals surface area contributed by atoms with Gasteiger partial charge in [0, 0.05) is 4.88 Å². The number of hydrogen-bond donors (Lipinski definition) is 0. The monoisotopic (exact) mass is 180 g/mol. The van der Waals surface area contributed by atoms with Gasteiger partial charge < -0.3 is 0 Å². The van der Waals surface area contributed by atoms with Crippen molar-refractivity contribution in [1.82, 2.24) is 0 Å². The Labute approximate surface area is 78.9 Å². The van der Waals surface area contributed by atoms with Crippen LogP contribution in [-0.2, 0) is 0 Å². The summed E-state index contributed by atoms with van der Waals surface area (Å²) < 4.78 is 0. The number of aryl methyl sites for hydroxylation is 1. The lowest BCUT2D eigenvalue weighted by Gasteiger charge is -2.10. The molecule has 12 heavy (non-hydrogen) atoms. The van der Waals surface area contributed by atoms with Crippen LogP contribution < -0.4 is 0 Å². The molecule has 0 unspecified atom stereocenters. The second kappa shape index (κ2) is 3.44. The van der Waals surface area contributed by atoms with Crippen molar-refractivity contribution in [3.8, 4) is 0 Å². The summed E-state index contributed by atoms with van der Waals surface area (Å²) in [7, 11) is 0. The zero-order valence-corrected chi connectivity index (χ0v) is 9.03. The molecule has 0 aliphatic rings. The first kappa shape index (κ1) is 9.53. The smallest absolute Gasteiger partial charge is 0.00864 e. The van der Waals surface area contributed by atoms with Gasteiger partial charge in [-0.15, -0.1) is 11.3 Å². The van der Waals surface area contributed by atoms with E-state index in [1.165, 1.54) is 10.4 Å². The fourth-order valence-electron chi connectivity index (χ4n) is 0.907. The van der Waals surface area contributed by atoms with Crippen LogP contribution in [0.3, 0.4) is 0 Å². The summed E-state index contributed by atoms with van der Waals surface area (Å²) in [4.78, 5) is 1.40. The van der Waals surface area contributed by atoms with E-state index in [0.717, 1.165) is 0 Å². The minimum atomic E-state index is 0.286. The number of rotatable bonds is 1. The average Bonchev–Trinajstić information content (AvgIpc) is 2.29. The van der Waals surface area contributed by atoms with Gasteiger partial charge in [0.25, 0.3) is 0 Å². The molecule has 0 aliphatic carbocycles. The topological polar surface area (TPSA) is 0 Å². The lowest BCUT2D eigenvalue weighted by molar-refractivity contribution is 0.547. The molecule has 1 heteroatoms. The van der Waals surface area contributed by atoms with E-state index >= 15 is 0 Å². The fourth-order valence-corrected chi connectivity index (χ4v) is 1.60. The summed E-state index contributed by atoms with van der Waals surface area (Å²) in [5, 5.41) is 2.14. The van der Waals surface area contributed by atoms with Gasteiger partial charge in [0.05, 0.1) is 0 Å². The molecule has 1 aromatic rings. The lowest BCUT2D eigenvalue weighted by Crippen LogP contribution is -1.97. The van der Waals surface area contributed by atoms with E-state index in [4.69, 9.17) is 0 Å². The number of allylic oxidation sites excluding steroid dienone is 1. The third-order valence-electron chi connectivity index (χ3n) is 1.66. The highest BCUT2D eigenvalue weighted by Crippen LogP contribution is 2.21. The summed E-state index contributed by atoms with van der Waals surface area (Å²) >= 11 is 1.80. The molecule has 0 aliphatic heterocycles. The molecule has 66 valence electrons. The fraction of sp³-hybridized carbons (Fsp3) is 0.455. The van der Waals surface area contributed by atoms with Crippen molar-refractivity contribution in [3.05, 3.63) is 28.0 Å². The first-order valence-electron chi connectivity index (χ1n) is 4.22. The van der Waals surface area contributed by atoms with E-state index < -0.39 is 0 Å². The van der Waals surface area contributed by atoms with Crippen LogP contribution in [0.5, 0.6) is 0 Å². The minimum absolute atomic E-state index is 0.286. The maximum absolute atomic E-state index is 2.25. The SMILES string of the molecule is Cc1sccc1/C=C/C(C)(C)C. The Morgan fingerprint density at radius 2 is 2.00 bits per heavy atom. The Morgan fingerprint density at radius 1 is 1.33 bits per heavy atom. The molecule has 0 saturated heterocycles. The molecular formula is C11H16S. The Hall–Kier alpha value is -0.560. The van der Waals surface area contributed by atoms with Crippen molar-refractivity contribution < 1.29 is 0 Å². The van der Waals surface area contributed by atoms with Crippen LogP contribution in [0.15, 0.2) is 17.5 Å². The van der Waals surface area contributed by atoms with E-state index in [2.05, 4.69) is 51.3 Å². The maximum Gasteiger partial charge on any atom is 0.00864 e. The molecule has 1 heterocycles. The molecular weight excluding hydrogens is 164 g/mol. The van der Waals surface area contributed by atoms with Crippen LogP contribution in [0.2, 0.25) is 0 Å². The molecule has 0 amide bonds. The Morgan fingerprint density at radius 3 is 2.42 bits per heavy atom. The molecule has 0 radical (unpaired) electrons. The van der Waals surface area contributed by atoms with Gasteiger partial charge in [0.15, 0.2) is 0 Å². The van der Waals surface area contributed by atoms with Crippen molar-refractivity contribution in [2.24, 2.45) is 5.41 Å². The van der Waals surface area contributed by atoms with Crippen LogP contribution >= 0.6 is 11.3 Å². The number of hydrogen-bond acceptors (Lipinski definition) is 1. The van der Waals surface area contributed by atoms with Crippen molar-refractivity contribution >= 4 is 17.4 Å². The molecule has 0 fully saturated rings. The summed E-state index contributed by atoms with van der Waals surface area (Å²) in [5.41, 5.74) is 1.64. The van der Waals surface area contributed by atoms with Gasteiger partial charge in [-0.3, -0.25) is 0 Å². The Balaban J connectivity index is 2.77. The molecule has 1 rings (SSSR count). The van der Waals surface area contributed by atoms with E-state index in [-0.39, 0.29) is 5.41 Å². The molecule has 0 N–H and O–H groups in total. The van der Waals surface area contributed by atoms with Crippen LogP contribution in [0, 0.1) is 12.3 Å². The van der Waals surface area contributed by atoms with Crippen LogP contribution in [0.25, 0.3) is 6.08 Å². The third-order valence-corrected chi connectivity index (χ3v) is 2.52. The summed E-state index contributed by atoms with van der Waals surface area (Å²) in [6, 6.07) is 2.17. The molecule has 1 aromatic heterocycles. The summed E-state index contributed by atoms with van der Waals surface area (Å²) in [5.74, 6) is 0. The van der Waals surface area contributed by atoms with Gasteiger partial charge in [0.1, 0.15) is 0 Å². The first-order valence-corrected chi connectivity index (χ1v) is 5.10. The largest absolute Gasteiger partial charge is 0.149 e. The van der Waals surface area contributed by atoms with Crippen LogP contribution in [0.1, 0.15) is 31.2 Å². The quantitative estimate of drug-likeness (QED) is 0.610. The van der Waals surface area contributed by atoms with Gasteiger partial charge in [-0.2, -0.15) is 0 Å². The van der Waals surface area contributed by atoms with Gasteiger partial charge >= 0.3 is 0 Å². The van der Waals surface area contributed by atoms with E-state index in [9.17, 15) is 0 Å². The van der Waals surface area contributed by atoms with Gasteiger partial charge in [0.2, 0.25) is 0 Å². The normalized spacial score (nSPS) is 12.7. The summed E-state index contributed by atoms with van der Waals surface area (Å²) in [6.07, 6.45) is 4.47. The highest BCUT2D eigenvalue weighted by Gasteiger charge is 2.04. The van der Waals surface area contributed by atoms with E-state index in [1.807, 2.05) is 0 Å². The predicted molar refractivity (Wildman–Crippen MR) is 57.5 cm³/mol. The van der Waals surface area contributed by atoms with Crippen molar-refractivity contribution in [2.75, 3.05) is 0 Å². The average molecular weight is 180 g/mol. The molecule has 0 saturated carbocycles. The molecule has 0 nitrogen and oxygen atoms in total. The molecule has 0 spiro atoms. The molecule has 0 aromatic carbocycles.